The first kappa shape index (κ1) is 35.5. The number of amides is 2. The van der Waals surface area contributed by atoms with Crippen LogP contribution in [0.15, 0.2) is 67.3 Å². The van der Waals surface area contributed by atoms with Crippen molar-refractivity contribution in [3.63, 3.8) is 0 Å². The molecule has 2 saturated heterocycles. The lowest BCUT2D eigenvalue weighted by Gasteiger charge is -2.39. The van der Waals surface area contributed by atoms with Gasteiger partial charge in [0.15, 0.2) is 0 Å². The first-order valence-electron chi connectivity index (χ1n) is 18.8. The number of piperidine rings is 1. The summed E-state index contributed by atoms with van der Waals surface area (Å²) in [5.41, 5.74) is 13.0. The maximum atomic E-state index is 13.6. The molecule has 13 nitrogen and oxygen atoms in total. The molecule has 6 heterocycles. The van der Waals surface area contributed by atoms with E-state index < -0.39 is 0 Å². The molecule has 0 spiro atoms. The van der Waals surface area contributed by atoms with Crippen LogP contribution in [0, 0.1) is 5.92 Å². The van der Waals surface area contributed by atoms with Crippen LogP contribution in [-0.4, -0.2) is 107 Å². The van der Waals surface area contributed by atoms with Crippen molar-refractivity contribution in [2.75, 3.05) is 51.5 Å². The van der Waals surface area contributed by atoms with E-state index >= 15 is 0 Å². The highest BCUT2D eigenvalue weighted by molar-refractivity contribution is 5.97. The predicted octanol–water partition coefficient (Wildman–Crippen LogP) is 4.73. The summed E-state index contributed by atoms with van der Waals surface area (Å²) < 4.78 is 1.85. The summed E-state index contributed by atoms with van der Waals surface area (Å²) in [5.74, 6) is 0.390. The van der Waals surface area contributed by atoms with Crippen molar-refractivity contribution in [1.82, 2.24) is 39.0 Å². The number of hydrogen-bond donors (Lipinski definition) is 3. The zero-order valence-corrected chi connectivity index (χ0v) is 30.9. The van der Waals surface area contributed by atoms with Crippen LogP contribution in [0.5, 0.6) is 11.5 Å². The number of aromatic nitrogens is 4. The standard InChI is InChI=1S/C41H47N9O4/c1-26(2)33-16-34(37(52)17-36(33)51)39(53)49-23-29-4-3-28(15-31(29)24-49)22-47-13-11-46(12-14-47)21-27-7-9-48(10-8-27)40(54)35-20-43-38-6-5-30(25-50(35)38)32-18-44-41(42)45-19-32/h3-6,15-20,25-27,51-52H,7-14,21-24H2,1-2H3,(H2,42,44,45). The summed E-state index contributed by atoms with van der Waals surface area (Å²) in [4.78, 5) is 48.6. The highest BCUT2D eigenvalue weighted by Gasteiger charge is 2.30. The normalized spacial score (nSPS) is 17.1. The van der Waals surface area contributed by atoms with Crippen molar-refractivity contribution in [1.29, 1.82) is 0 Å². The van der Waals surface area contributed by atoms with E-state index in [4.69, 9.17) is 5.73 Å². The molecule has 3 aliphatic heterocycles. The number of rotatable bonds is 8. The summed E-state index contributed by atoms with van der Waals surface area (Å²) in [5, 5.41) is 20.7. The van der Waals surface area contributed by atoms with E-state index in [1.54, 1.807) is 29.6 Å². The van der Waals surface area contributed by atoms with Crippen LogP contribution in [0.1, 0.15) is 75.7 Å². The molecule has 0 bridgehead atoms. The number of aromatic hydroxyl groups is 2. The molecule has 54 heavy (non-hydrogen) atoms. The Hall–Kier alpha value is -5.53. The maximum absolute atomic E-state index is 13.6. The van der Waals surface area contributed by atoms with Crippen molar-refractivity contribution in [2.24, 2.45) is 5.92 Å². The molecule has 4 N–H and O–H groups in total. The van der Waals surface area contributed by atoms with Crippen LogP contribution in [-0.2, 0) is 19.6 Å². The molecule has 0 unspecified atom stereocenters. The van der Waals surface area contributed by atoms with Gasteiger partial charge in [-0.3, -0.25) is 18.9 Å². The number of piperazine rings is 1. The van der Waals surface area contributed by atoms with Gasteiger partial charge in [0.2, 0.25) is 5.95 Å². The lowest BCUT2D eigenvalue weighted by atomic mass is 9.95. The second kappa shape index (κ2) is 14.7. The summed E-state index contributed by atoms with van der Waals surface area (Å²) in [7, 11) is 0. The van der Waals surface area contributed by atoms with Gasteiger partial charge in [0, 0.05) is 101 Å². The van der Waals surface area contributed by atoms with Crippen LogP contribution >= 0.6 is 0 Å². The Morgan fingerprint density at radius 3 is 2.24 bits per heavy atom. The number of fused-ring (bicyclic) bond motifs is 2. The van der Waals surface area contributed by atoms with Crippen LogP contribution < -0.4 is 5.73 Å². The number of nitrogens with two attached hydrogens (primary N) is 1. The van der Waals surface area contributed by atoms with Gasteiger partial charge in [-0.1, -0.05) is 32.0 Å². The molecule has 3 aromatic heterocycles. The number of benzene rings is 2. The minimum absolute atomic E-state index is 0.00278. The van der Waals surface area contributed by atoms with E-state index in [1.807, 2.05) is 41.5 Å². The second-order valence-electron chi connectivity index (χ2n) is 15.3. The molecule has 8 rings (SSSR count). The zero-order chi connectivity index (χ0) is 37.5. The smallest absolute Gasteiger partial charge is 0.272 e. The van der Waals surface area contributed by atoms with Gasteiger partial charge in [0.1, 0.15) is 22.8 Å². The van der Waals surface area contributed by atoms with Crippen LogP contribution in [0.25, 0.3) is 16.8 Å². The minimum atomic E-state index is -0.229. The summed E-state index contributed by atoms with van der Waals surface area (Å²) in [6, 6.07) is 13.3. The van der Waals surface area contributed by atoms with Crippen molar-refractivity contribution in [3.05, 3.63) is 101 Å². The molecule has 0 atom stereocenters. The fraction of sp³-hybridized carbons (Fsp3) is 0.390. The lowest BCUT2D eigenvalue weighted by molar-refractivity contribution is 0.0622. The Bertz CT molecular complexity index is 2190. The fourth-order valence-corrected chi connectivity index (χ4v) is 8.12. The predicted molar refractivity (Wildman–Crippen MR) is 205 cm³/mol. The maximum Gasteiger partial charge on any atom is 0.272 e. The van der Waals surface area contributed by atoms with Gasteiger partial charge in [-0.25, -0.2) is 15.0 Å². The Balaban J connectivity index is 0.805. The molecular weight excluding hydrogens is 683 g/mol. The number of hydrogen-bond acceptors (Lipinski definition) is 10. The molecule has 2 aromatic carbocycles. The molecule has 2 amide bonds. The number of pyridine rings is 1. The van der Waals surface area contributed by atoms with Gasteiger partial charge in [-0.05, 0) is 65.1 Å². The first-order chi connectivity index (χ1) is 26.1. The van der Waals surface area contributed by atoms with E-state index in [-0.39, 0.29) is 40.7 Å². The van der Waals surface area contributed by atoms with E-state index in [0.29, 0.717) is 30.3 Å². The first-order valence-corrected chi connectivity index (χ1v) is 18.8. The molecule has 0 aliphatic carbocycles. The number of imidazole rings is 1. The number of anilines is 1. The number of phenolic OH excluding ortho intramolecular Hbond substituents is 2. The SMILES string of the molecule is CC(C)c1cc(C(=O)N2Cc3ccc(CN4CCN(CC5CCN(C(=O)c6cnc7ccc(-c8cnc(N)nc8)cn67)CC5)CC4)cc3C2)c(O)cc1O. The summed E-state index contributed by atoms with van der Waals surface area (Å²) in [6.07, 6.45) is 8.90. The average Bonchev–Trinajstić information content (AvgIpc) is 3.80. The van der Waals surface area contributed by atoms with Crippen LogP contribution in [0.4, 0.5) is 5.95 Å². The highest BCUT2D eigenvalue weighted by atomic mass is 16.3. The highest BCUT2D eigenvalue weighted by Crippen LogP contribution is 2.35. The number of carbonyl (C=O) groups is 2. The molecule has 3 aliphatic rings. The van der Waals surface area contributed by atoms with E-state index in [1.165, 1.54) is 11.6 Å². The average molecular weight is 730 g/mol. The lowest BCUT2D eigenvalue weighted by Crippen LogP contribution is -2.48. The Kier molecular flexibility index (Phi) is 9.67. The molecule has 0 radical (unpaired) electrons. The molecular formula is C41H47N9O4. The molecule has 2 fully saturated rings. The van der Waals surface area contributed by atoms with Gasteiger partial charge in [0.05, 0.1) is 11.8 Å². The van der Waals surface area contributed by atoms with E-state index in [9.17, 15) is 19.8 Å². The molecule has 280 valence electrons. The molecule has 0 saturated carbocycles. The zero-order valence-electron chi connectivity index (χ0n) is 30.9. The molecule has 13 heteroatoms. The minimum Gasteiger partial charge on any atom is -0.508 e. The fourth-order valence-electron chi connectivity index (χ4n) is 8.12. The van der Waals surface area contributed by atoms with Crippen molar-refractivity contribution >= 4 is 23.4 Å². The number of phenols is 2. The Morgan fingerprint density at radius 1 is 0.778 bits per heavy atom. The third-order valence-electron chi connectivity index (χ3n) is 11.3. The second-order valence-corrected chi connectivity index (χ2v) is 15.3. The number of nitrogen functional groups attached to an aromatic ring is 1. The number of carbonyl (C=O) groups excluding carboxylic acids is 2. The van der Waals surface area contributed by atoms with Crippen molar-refractivity contribution < 1.29 is 19.8 Å². The quantitative estimate of drug-likeness (QED) is 0.204. The van der Waals surface area contributed by atoms with Crippen LogP contribution in [0.2, 0.25) is 0 Å². The van der Waals surface area contributed by atoms with Crippen molar-refractivity contribution in [2.45, 2.75) is 52.2 Å². The van der Waals surface area contributed by atoms with Crippen LogP contribution in [0.3, 0.4) is 0 Å². The van der Waals surface area contributed by atoms with Gasteiger partial charge < -0.3 is 30.6 Å². The van der Waals surface area contributed by atoms with E-state index in [0.717, 1.165) is 93.1 Å². The van der Waals surface area contributed by atoms with Gasteiger partial charge in [0.25, 0.3) is 11.8 Å². The third-order valence-corrected chi connectivity index (χ3v) is 11.3. The monoisotopic (exact) mass is 729 g/mol. The largest absolute Gasteiger partial charge is 0.508 e. The third kappa shape index (κ3) is 7.21. The van der Waals surface area contributed by atoms with Gasteiger partial charge in [-0.2, -0.15) is 0 Å². The Morgan fingerprint density at radius 2 is 1.50 bits per heavy atom. The Labute approximate surface area is 314 Å². The summed E-state index contributed by atoms with van der Waals surface area (Å²) in [6.45, 7) is 12.3. The van der Waals surface area contributed by atoms with Gasteiger partial charge in [-0.15, -0.1) is 0 Å². The topological polar surface area (TPSA) is 157 Å². The van der Waals surface area contributed by atoms with E-state index in [2.05, 4.69) is 43.0 Å². The number of likely N-dealkylation sites (tertiary alicyclic amines) is 1. The summed E-state index contributed by atoms with van der Waals surface area (Å²) >= 11 is 0. The number of nitrogens with zero attached hydrogens (tertiary/aromatic N) is 8. The molecule has 5 aromatic rings. The van der Waals surface area contributed by atoms with Gasteiger partial charge >= 0.3 is 0 Å². The van der Waals surface area contributed by atoms with Crippen molar-refractivity contribution in [3.8, 4) is 22.6 Å².